The molecule has 7 nitrogen and oxygen atoms in total. The van der Waals surface area contributed by atoms with Crippen LogP contribution in [0.5, 0.6) is 5.88 Å². The monoisotopic (exact) mass is 340 g/mol. The number of amides is 3. The van der Waals surface area contributed by atoms with E-state index in [0.29, 0.717) is 36.1 Å². The van der Waals surface area contributed by atoms with Gasteiger partial charge in [-0.2, -0.15) is 0 Å². The number of fused-ring (bicyclic) bond motifs is 1. The van der Waals surface area contributed by atoms with E-state index in [0.717, 1.165) is 18.2 Å². The molecule has 2 aliphatic rings. The summed E-state index contributed by atoms with van der Waals surface area (Å²) in [6.45, 7) is 0.596. The van der Waals surface area contributed by atoms with Gasteiger partial charge >= 0.3 is 6.03 Å². The second-order valence-corrected chi connectivity index (χ2v) is 6.51. The number of likely N-dealkylation sites (tertiary alicyclic amines) is 1. The third kappa shape index (κ3) is 3.22. The number of benzene rings is 1. The van der Waals surface area contributed by atoms with Gasteiger partial charge in [-0.15, -0.1) is 0 Å². The van der Waals surface area contributed by atoms with Crippen LogP contribution in [0.15, 0.2) is 30.3 Å². The van der Waals surface area contributed by atoms with E-state index in [4.69, 9.17) is 4.74 Å². The Morgan fingerprint density at radius 3 is 2.88 bits per heavy atom. The first-order valence-electron chi connectivity index (χ1n) is 8.45. The van der Waals surface area contributed by atoms with E-state index in [9.17, 15) is 9.59 Å². The van der Waals surface area contributed by atoms with Crippen molar-refractivity contribution in [2.45, 2.75) is 31.3 Å². The van der Waals surface area contributed by atoms with Crippen LogP contribution >= 0.6 is 0 Å². The molecule has 7 heteroatoms. The summed E-state index contributed by atoms with van der Waals surface area (Å²) in [7, 11) is 1.56. The van der Waals surface area contributed by atoms with E-state index in [1.807, 2.05) is 23.1 Å². The number of carbonyl (C=O) groups excluding carboxylic acids is 2. The Hall–Kier alpha value is -2.83. The Morgan fingerprint density at radius 1 is 1.28 bits per heavy atom. The predicted molar refractivity (Wildman–Crippen MR) is 93.6 cm³/mol. The Kier molecular flexibility index (Phi) is 3.91. The third-order valence-corrected chi connectivity index (χ3v) is 4.63. The largest absolute Gasteiger partial charge is 0.481 e. The topological polar surface area (TPSA) is 83.6 Å². The standard InChI is InChI=1S/C18H20N4O3/c1-25-15-8-5-11-3-2-4-14(17(11)21-15)20-18(24)19-12-9-16(23)22(10-12)13-6-7-13/h2-5,8,12-13H,6-7,9-10H2,1H3,(H2,19,20,24)/t12-/m1/s1. The number of pyridine rings is 1. The molecule has 130 valence electrons. The van der Waals surface area contributed by atoms with Crippen LogP contribution in [-0.4, -0.2) is 47.6 Å². The molecular weight excluding hydrogens is 320 g/mol. The van der Waals surface area contributed by atoms with Crippen molar-refractivity contribution in [2.24, 2.45) is 0 Å². The first-order chi connectivity index (χ1) is 12.1. The lowest BCUT2D eigenvalue weighted by molar-refractivity contribution is -0.128. The molecule has 1 saturated heterocycles. The molecule has 1 saturated carbocycles. The molecule has 4 rings (SSSR count). The van der Waals surface area contributed by atoms with Gasteiger partial charge in [0, 0.05) is 30.5 Å². The highest BCUT2D eigenvalue weighted by atomic mass is 16.5. The maximum Gasteiger partial charge on any atom is 0.319 e. The van der Waals surface area contributed by atoms with Gasteiger partial charge in [0.15, 0.2) is 0 Å². The molecule has 3 amide bonds. The third-order valence-electron chi connectivity index (χ3n) is 4.63. The van der Waals surface area contributed by atoms with Crippen LogP contribution in [-0.2, 0) is 4.79 Å². The van der Waals surface area contributed by atoms with Crippen LogP contribution in [0.25, 0.3) is 10.9 Å². The number of ether oxygens (including phenoxy) is 1. The van der Waals surface area contributed by atoms with Crippen LogP contribution < -0.4 is 15.4 Å². The van der Waals surface area contributed by atoms with Gasteiger partial charge in [0.05, 0.1) is 24.4 Å². The molecule has 1 atom stereocenters. The van der Waals surface area contributed by atoms with Crippen LogP contribution in [0, 0.1) is 0 Å². The number of carbonyl (C=O) groups is 2. The molecule has 0 unspecified atom stereocenters. The minimum Gasteiger partial charge on any atom is -0.481 e. The van der Waals surface area contributed by atoms with Crippen molar-refractivity contribution in [1.82, 2.24) is 15.2 Å². The molecule has 1 aromatic heterocycles. The summed E-state index contributed by atoms with van der Waals surface area (Å²) in [5, 5.41) is 6.64. The van der Waals surface area contributed by atoms with E-state index in [1.54, 1.807) is 19.2 Å². The number of nitrogens with one attached hydrogen (secondary N) is 2. The normalized spacial score (nSPS) is 20.0. The summed E-state index contributed by atoms with van der Waals surface area (Å²) in [5.41, 5.74) is 1.27. The smallest absolute Gasteiger partial charge is 0.319 e. The van der Waals surface area contributed by atoms with Gasteiger partial charge in [-0.25, -0.2) is 9.78 Å². The molecule has 1 aliphatic heterocycles. The highest BCUT2D eigenvalue weighted by Crippen LogP contribution is 2.30. The molecule has 2 fully saturated rings. The zero-order valence-corrected chi connectivity index (χ0v) is 14.0. The van der Waals surface area contributed by atoms with Gasteiger partial charge in [-0.05, 0) is 25.0 Å². The Bertz CT molecular complexity index is 834. The molecule has 2 N–H and O–H groups in total. The summed E-state index contributed by atoms with van der Waals surface area (Å²) in [6.07, 6.45) is 2.52. The van der Waals surface area contributed by atoms with Gasteiger partial charge in [0.1, 0.15) is 0 Å². The van der Waals surface area contributed by atoms with E-state index in [2.05, 4.69) is 15.6 Å². The van der Waals surface area contributed by atoms with Crippen LogP contribution in [0.2, 0.25) is 0 Å². The second-order valence-electron chi connectivity index (χ2n) is 6.51. The summed E-state index contributed by atoms with van der Waals surface area (Å²) in [5.74, 6) is 0.619. The molecular formula is C18H20N4O3. The van der Waals surface area contributed by atoms with Gasteiger partial charge in [-0.1, -0.05) is 12.1 Å². The summed E-state index contributed by atoms with van der Waals surface area (Å²) in [6, 6.07) is 9.17. The summed E-state index contributed by atoms with van der Waals surface area (Å²) < 4.78 is 5.16. The SMILES string of the molecule is COc1ccc2cccc(NC(=O)N[C@@H]3CC(=O)N(C4CC4)C3)c2n1. The number of aromatic nitrogens is 1. The highest BCUT2D eigenvalue weighted by Gasteiger charge is 2.39. The maximum atomic E-state index is 12.4. The number of nitrogens with zero attached hydrogens (tertiary/aromatic N) is 2. The van der Waals surface area contributed by atoms with Crippen molar-refractivity contribution in [2.75, 3.05) is 19.0 Å². The Morgan fingerprint density at radius 2 is 2.12 bits per heavy atom. The van der Waals surface area contributed by atoms with Crippen molar-refractivity contribution >= 4 is 28.5 Å². The molecule has 0 radical (unpaired) electrons. The quantitative estimate of drug-likeness (QED) is 0.893. The zero-order valence-electron chi connectivity index (χ0n) is 14.0. The fourth-order valence-corrected chi connectivity index (χ4v) is 3.25. The molecule has 0 bridgehead atoms. The molecule has 1 aromatic carbocycles. The number of urea groups is 1. The van der Waals surface area contributed by atoms with Crippen LogP contribution in [0.3, 0.4) is 0 Å². The van der Waals surface area contributed by atoms with Crippen LogP contribution in [0.1, 0.15) is 19.3 Å². The molecule has 1 aliphatic carbocycles. The number of anilines is 1. The van der Waals surface area contributed by atoms with Crippen molar-refractivity contribution in [1.29, 1.82) is 0 Å². The Labute approximate surface area is 145 Å². The van der Waals surface area contributed by atoms with E-state index in [1.165, 1.54) is 0 Å². The van der Waals surface area contributed by atoms with Gasteiger partial charge < -0.3 is 20.3 Å². The highest BCUT2D eigenvalue weighted by molar-refractivity contribution is 6.00. The summed E-state index contributed by atoms with van der Waals surface area (Å²) >= 11 is 0. The van der Waals surface area contributed by atoms with Crippen molar-refractivity contribution < 1.29 is 14.3 Å². The van der Waals surface area contributed by atoms with Gasteiger partial charge in [0.2, 0.25) is 11.8 Å². The number of hydrogen-bond acceptors (Lipinski definition) is 4. The molecule has 25 heavy (non-hydrogen) atoms. The second kappa shape index (κ2) is 6.23. The lowest BCUT2D eigenvalue weighted by Crippen LogP contribution is -2.40. The average molecular weight is 340 g/mol. The van der Waals surface area contributed by atoms with Gasteiger partial charge in [0.25, 0.3) is 0 Å². The molecule has 2 heterocycles. The van der Waals surface area contributed by atoms with E-state index >= 15 is 0 Å². The number of rotatable bonds is 4. The lowest BCUT2D eigenvalue weighted by Gasteiger charge is -2.16. The van der Waals surface area contributed by atoms with Crippen molar-refractivity contribution in [3.05, 3.63) is 30.3 Å². The minimum absolute atomic E-state index is 0.129. The van der Waals surface area contributed by atoms with E-state index < -0.39 is 0 Å². The first-order valence-corrected chi connectivity index (χ1v) is 8.45. The van der Waals surface area contributed by atoms with Crippen molar-refractivity contribution in [3.8, 4) is 5.88 Å². The fourth-order valence-electron chi connectivity index (χ4n) is 3.25. The maximum absolute atomic E-state index is 12.4. The fraction of sp³-hybridized carbons (Fsp3) is 0.389. The number of methoxy groups -OCH3 is 1. The zero-order chi connectivity index (χ0) is 17.4. The predicted octanol–water partition coefficient (Wildman–Crippen LogP) is 2.13. The van der Waals surface area contributed by atoms with Crippen LogP contribution in [0.4, 0.5) is 10.5 Å². The first kappa shape index (κ1) is 15.7. The number of para-hydroxylation sites is 1. The number of hydrogen-bond donors (Lipinski definition) is 2. The van der Waals surface area contributed by atoms with Crippen molar-refractivity contribution in [3.63, 3.8) is 0 Å². The lowest BCUT2D eigenvalue weighted by atomic mass is 10.2. The molecule has 2 aromatic rings. The average Bonchev–Trinajstić information content (AvgIpc) is 3.38. The molecule has 0 spiro atoms. The summed E-state index contributed by atoms with van der Waals surface area (Å²) in [4.78, 5) is 30.6. The van der Waals surface area contributed by atoms with Gasteiger partial charge in [-0.3, -0.25) is 4.79 Å². The van der Waals surface area contributed by atoms with E-state index in [-0.39, 0.29) is 18.0 Å². The minimum atomic E-state index is -0.326. The Balaban J connectivity index is 1.46.